The number of aryl methyl sites for hydroxylation is 1. The highest BCUT2D eigenvalue weighted by Crippen LogP contribution is 2.30. The number of thioether (sulfide) groups is 1. The van der Waals surface area contributed by atoms with Crippen LogP contribution in [0.25, 0.3) is 10.2 Å². The molecule has 0 aliphatic carbocycles. The van der Waals surface area contributed by atoms with E-state index in [1.165, 1.54) is 4.70 Å². The van der Waals surface area contributed by atoms with Crippen LogP contribution in [0.15, 0.2) is 40.7 Å². The Morgan fingerprint density at radius 3 is 2.95 bits per heavy atom. The molecule has 0 unspecified atom stereocenters. The summed E-state index contributed by atoms with van der Waals surface area (Å²) < 4.78 is 2.26. The molecule has 3 nitrogen and oxygen atoms in total. The molecule has 1 aromatic heterocycles. The van der Waals surface area contributed by atoms with Crippen LogP contribution in [0, 0.1) is 6.92 Å². The lowest BCUT2D eigenvalue weighted by Crippen LogP contribution is -2.00. The summed E-state index contributed by atoms with van der Waals surface area (Å²) in [4.78, 5) is 4.53. The second kappa shape index (κ2) is 5.95. The molecular weight excluding hydrogens is 300 g/mol. The van der Waals surface area contributed by atoms with E-state index in [2.05, 4.69) is 16.4 Å². The highest BCUT2D eigenvalue weighted by Gasteiger charge is 2.06. The molecule has 0 atom stereocenters. The minimum atomic E-state index is 0.369. The number of para-hydroxylation sites is 1. The van der Waals surface area contributed by atoms with Gasteiger partial charge < -0.3 is 10.4 Å². The number of fused-ring (bicyclic) bond motifs is 1. The SMILES string of the molecule is CSc1nc2ccc(NCc3cccc(C)c3O)cc2s1. The van der Waals surface area contributed by atoms with Crippen molar-refractivity contribution in [3.8, 4) is 5.75 Å². The molecule has 3 aromatic rings. The number of hydrogen-bond donors (Lipinski definition) is 2. The van der Waals surface area contributed by atoms with Crippen LogP contribution < -0.4 is 5.32 Å². The Morgan fingerprint density at radius 2 is 2.14 bits per heavy atom. The van der Waals surface area contributed by atoms with Crippen molar-refractivity contribution in [2.24, 2.45) is 0 Å². The third kappa shape index (κ3) is 2.99. The van der Waals surface area contributed by atoms with E-state index < -0.39 is 0 Å². The Morgan fingerprint density at radius 1 is 1.29 bits per heavy atom. The third-order valence-corrected chi connectivity index (χ3v) is 5.35. The van der Waals surface area contributed by atoms with Crippen molar-refractivity contribution >= 4 is 39.0 Å². The first-order chi connectivity index (χ1) is 10.2. The van der Waals surface area contributed by atoms with Crippen molar-refractivity contribution in [2.45, 2.75) is 17.8 Å². The summed E-state index contributed by atoms with van der Waals surface area (Å²) in [6.45, 7) is 2.51. The molecule has 5 heteroatoms. The van der Waals surface area contributed by atoms with Crippen molar-refractivity contribution in [3.63, 3.8) is 0 Å². The van der Waals surface area contributed by atoms with Gasteiger partial charge in [-0.05, 0) is 36.9 Å². The number of phenolic OH excluding ortho intramolecular Hbond substituents is 1. The second-order valence-corrected chi connectivity index (χ2v) is 6.89. The van der Waals surface area contributed by atoms with E-state index >= 15 is 0 Å². The maximum Gasteiger partial charge on any atom is 0.150 e. The predicted octanol–water partition coefficient (Wildman–Crippen LogP) is 4.64. The summed E-state index contributed by atoms with van der Waals surface area (Å²) in [6, 6.07) is 12.0. The fraction of sp³-hybridized carbons (Fsp3) is 0.188. The quantitative estimate of drug-likeness (QED) is 0.688. The Hall–Kier alpha value is -1.72. The van der Waals surface area contributed by atoms with Gasteiger partial charge >= 0.3 is 0 Å². The molecular formula is C16H16N2OS2. The molecule has 0 aliphatic heterocycles. The predicted molar refractivity (Wildman–Crippen MR) is 91.6 cm³/mol. The zero-order valence-electron chi connectivity index (χ0n) is 11.9. The summed E-state index contributed by atoms with van der Waals surface area (Å²) in [5, 5.41) is 13.4. The number of benzene rings is 2. The van der Waals surface area contributed by atoms with Gasteiger partial charge in [0.05, 0.1) is 10.2 Å². The first-order valence-corrected chi connectivity index (χ1v) is 8.67. The minimum absolute atomic E-state index is 0.369. The zero-order valence-corrected chi connectivity index (χ0v) is 13.5. The van der Waals surface area contributed by atoms with Gasteiger partial charge in [0.15, 0.2) is 4.34 Å². The van der Waals surface area contributed by atoms with Crippen molar-refractivity contribution in [3.05, 3.63) is 47.5 Å². The van der Waals surface area contributed by atoms with Gasteiger partial charge in [-0.25, -0.2) is 4.98 Å². The fourth-order valence-electron chi connectivity index (χ4n) is 2.16. The Kier molecular flexibility index (Phi) is 4.03. The van der Waals surface area contributed by atoms with Gasteiger partial charge in [-0.2, -0.15) is 0 Å². The molecule has 2 N–H and O–H groups in total. The van der Waals surface area contributed by atoms with E-state index in [0.29, 0.717) is 12.3 Å². The van der Waals surface area contributed by atoms with E-state index in [9.17, 15) is 5.11 Å². The molecule has 21 heavy (non-hydrogen) atoms. The first kappa shape index (κ1) is 14.2. The molecule has 0 bridgehead atoms. The van der Waals surface area contributed by atoms with Crippen LogP contribution in [0.4, 0.5) is 5.69 Å². The maximum absolute atomic E-state index is 10.0. The summed E-state index contributed by atoms with van der Waals surface area (Å²) in [5.74, 6) is 0.369. The number of hydrogen-bond acceptors (Lipinski definition) is 5. The highest BCUT2D eigenvalue weighted by molar-refractivity contribution is 8.00. The topological polar surface area (TPSA) is 45.2 Å². The van der Waals surface area contributed by atoms with Crippen LogP contribution >= 0.6 is 23.1 Å². The number of anilines is 1. The Labute approximate surface area is 132 Å². The average Bonchev–Trinajstić information content (AvgIpc) is 2.91. The van der Waals surface area contributed by atoms with Gasteiger partial charge in [-0.15, -0.1) is 11.3 Å². The largest absolute Gasteiger partial charge is 0.507 e. The standard InChI is InChI=1S/C16H16N2OS2/c1-10-4-3-5-11(15(10)19)9-17-12-6-7-13-14(8-12)21-16(18-13)20-2/h3-8,17,19H,9H2,1-2H3. The number of aromatic hydroxyl groups is 1. The number of aromatic nitrogens is 1. The molecule has 0 saturated carbocycles. The van der Waals surface area contributed by atoms with Crippen molar-refractivity contribution < 1.29 is 5.11 Å². The monoisotopic (exact) mass is 316 g/mol. The maximum atomic E-state index is 10.0. The second-order valence-electron chi connectivity index (χ2n) is 4.80. The minimum Gasteiger partial charge on any atom is -0.507 e. The molecule has 3 rings (SSSR count). The molecule has 108 valence electrons. The molecule has 2 aromatic carbocycles. The van der Waals surface area contributed by atoms with Crippen molar-refractivity contribution in [1.29, 1.82) is 0 Å². The number of thiazole rings is 1. The van der Waals surface area contributed by atoms with Gasteiger partial charge in [-0.3, -0.25) is 0 Å². The lowest BCUT2D eigenvalue weighted by molar-refractivity contribution is 0.465. The molecule has 1 heterocycles. The Balaban J connectivity index is 1.80. The molecule has 0 saturated heterocycles. The highest BCUT2D eigenvalue weighted by atomic mass is 32.2. The van der Waals surface area contributed by atoms with E-state index in [0.717, 1.165) is 26.7 Å². The molecule has 0 fully saturated rings. The number of phenols is 1. The smallest absolute Gasteiger partial charge is 0.150 e. The molecule has 0 aliphatic rings. The number of nitrogens with one attached hydrogen (secondary N) is 1. The number of nitrogens with zero attached hydrogens (tertiary/aromatic N) is 1. The fourth-order valence-corrected chi connectivity index (χ4v) is 3.69. The lowest BCUT2D eigenvalue weighted by atomic mass is 10.1. The van der Waals surface area contributed by atoms with E-state index in [1.807, 2.05) is 43.5 Å². The molecule has 0 spiro atoms. The van der Waals surface area contributed by atoms with Crippen LogP contribution in [0.5, 0.6) is 5.75 Å². The van der Waals surface area contributed by atoms with Crippen LogP contribution in [0.3, 0.4) is 0 Å². The summed E-state index contributed by atoms with van der Waals surface area (Å²) in [7, 11) is 0. The molecule has 0 amide bonds. The van der Waals surface area contributed by atoms with E-state index in [-0.39, 0.29) is 0 Å². The Bertz CT molecular complexity index is 783. The van der Waals surface area contributed by atoms with Gasteiger partial charge in [0.2, 0.25) is 0 Å². The summed E-state index contributed by atoms with van der Waals surface area (Å²) in [6.07, 6.45) is 2.04. The van der Waals surface area contributed by atoms with Crippen LogP contribution in [-0.2, 0) is 6.54 Å². The normalized spacial score (nSPS) is 11.0. The average molecular weight is 316 g/mol. The van der Waals surface area contributed by atoms with Gasteiger partial charge in [0.1, 0.15) is 5.75 Å². The van der Waals surface area contributed by atoms with E-state index in [4.69, 9.17) is 0 Å². The summed E-state index contributed by atoms with van der Waals surface area (Å²) in [5.41, 5.74) is 3.88. The van der Waals surface area contributed by atoms with Crippen LogP contribution in [0.1, 0.15) is 11.1 Å². The summed E-state index contributed by atoms with van der Waals surface area (Å²) >= 11 is 3.37. The van der Waals surface area contributed by atoms with Gasteiger partial charge in [0.25, 0.3) is 0 Å². The third-order valence-electron chi connectivity index (χ3n) is 3.35. The van der Waals surface area contributed by atoms with Gasteiger partial charge in [-0.1, -0.05) is 30.0 Å². The van der Waals surface area contributed by atoms with Crippen LogP contribution in [-0.4, -0.2) is 16.3 Å². The molecule has 0 radical (unpaired) electrons. The van der Waals surface area contributed by atoms with Crippen molar-refractivity contribution in [1.82, 2.24) is 4.98 Å². The van der Waals surface area contributed by atoms with E-state index in [1.54, 1.807) is 23.1 Å². The van der Waals surface area contributed by atoms with Crippen molar-refractivity contribution in [2.75, 3.05) is 11.6 Å². The van der Waals surface area contributed by atoms with Gasteiger partial charge in [0, 0.05) is 17.8 Å². The zero-order chi connectivity index (χ0) is 14.8. The first-order valence-electron chi connectivity index (χ1n) is 6.63. The van der Waals surface area contributed by atoms with Crippen LogP contribution in [0.2, 0.25) is 0 Å². The number of rotatable bonds is 4. The lowest BCUT2D eigenvalue weighted by Gasteiger charge is -2.09.